The Morgan fingerprint density at radius 1 is 0.727 bits per heavy atom. The summed E-state index contributed by atoms with van der Waals surface area (Å²) in [7, 11) is 1.63. The number of benzene rings is 4. The highest BCUT2D eigenvalue weighted by Gasteiger charge is 2.32. The molecule has 0 N–H and O–H groups in total. The zero-order valence-electron chi connectivity index (χ0n) is 18.2. The zero-order valence-corrected chi connectivity index (χ0v) is 18.2. The first kappa shape index (κ1) is 20.6. The number of esters is 1. The van der Waals surface area contributed by atoms with E-state index in [4.69, 9.17) is 9.47 Å². The molecule has 0 bridgehead atoms. The van der Waals surface area contributed by atoms with Crippen LogP contribution in [0.25, 0.3) is 11.1 Å². The van der Waals surface area contributed by atoms with E-state index in [0.29, 0.717) is 5.56 Å². The predicted molar refractivity (Wildman–Crippen MR) is 130 cm³/mol. The van der Waals surface area contributed by atoms with Gasteiger partial charge in [0.05, 0.1) is 12.7 Å². The summed E-state index contributed by atoms with van der Waals surface area (Å²) in [6, 6.07) is 35.5. The summed E-state index contributed by atoms with van der Waals surface area (Å²) in [5.41, 5.74) is 9.75. The van der Waals surface area contributed by atoms with Gasteiger partial charge in [-0.15, -0.1) is 5.73 Å². The largest absolute Gasteiger partial charge is 0.497 e. The molecule has 1 aliphatic heterocycles. The van der Waals surface area contributed by atoms with E-state index in [2.05, 4.69) is 30.0 Å². The average Bonchev–Trinajstić information content (AvgIpc) is 2.89. The molecule has 4 aromatic rings. The Labute approximate surface area is 193 Å². The quantitative estimate of drug-likeness (QED) is 0.266. The SMILES string of the molecule is COc1ccc(C2OC(=O)c3ccccc3C2=C=C(c2ccccc2)c2ccccc2)cc1. The van der Waals surface area contributed by atoms with Crippen LogP contribution >= 0.6 is 0 Å². The van der Waals surface area contributed by atoms with Gasteiger partial charge in [-0.05, 0) is 34.9 Å². The van der Waals surface area contributed by atoms with Crippen molar-refractivity contribution in [3.63, 3.8) is 0 Å². The van der Waals surface area contributed by atoms with Gasteiger partial charge in [-0.1, -0.05) is 91.0 Å². The van der Waals surface area contributed by atoms with Gasteiger partial charge in [0.2, 0.25) is 0 Å². The minimum absolute atomic E-state index is 0.335. The van der Waals surface area contributed by atoms with Crippen molar-refractivity contribution in [3.8, 4) is 5.75 Å². The smallest absolute Gasteiger partial charge is 0.339 e. The van der Waals surface area contributed by atoms with Gasteiger partial charge in [0.25, 0.3) is 0 Å². The van der Waals surface area contributed by atoms with Crippen LogP contribution in [-0.4, -0.2) is 13.1 Å². The third-order valence-corrected chi connectivity index (χ3v) is 5.73. The fourth-order valence-corrected chi connectivity index (χ4v) is 4.07. The summed E-state index contributed by atoms with van der Waals surface area (Å²) in [6.45, 7) is 0. The fourth-order valence-electron chi connectivity index (χ4n) is 4.07. The Balaban J connectivity index is 1.81. The lowest BCUT2D eigenvalue weighted by Crippen LogP contribution is -2.20. The van der Waals surface area contributed by atoms with E-state index in [-0.39, 0.29) is 5.97 Å². The molecule has 4 aromatic carbocycles. The summed E-state index contributed by atoms with van der Waals surface area (Å²) in [5.74, 6) is 0.412. The van der Waals surface area contributed by atoms with Gasteiger partial charge >= 0.3 is 5.97 Å². The highest BCUT2D eigenvalue weighted by Crippen LogP contribution is 2.41. The van der Waals surface area contributed by atoms with Gasteiger partial charge in [0.1, 0.15) is 5.75 Å². The molecule has 1 aliphatic rings. The van der Waals surface area contributed by atoms with Crippen LogP contribution in [0.2, 0.25) is 0 Å². The van der Waals surface area contributed by atoms with E-state index in [1.807, 2.05) is 78.9 Å². The van der Waals surface area contributed by atoms with Crippen molar-refractivity contribution in [2.75, 3.05) is 7.11 Å². The van der Waals surface area contributed by atoms with Crippen LogP contribution in [0.15, 0.2) is 115 Å². The topological polar surface area (TPSA) is 35.5 Å². The normalized spacial score (nSPS) is 14.6. The van der Waals surface area contributed by atoms with Gasteiger partial charge in [-0.25, -0.2) is 4.79 Å². The molecule has 5 rings (SSSR count). The molecule has 0 saturated heterocycles. The third-order valence-electron chi connectivity index (χ3n) is 5.73. The molecule has 3 nitrogen and oxygen atoms in total. The number of rotatable bonds is 4. The second-order valence-corrected chi connectivity index (χ2v) is 7.75. The van der Waals surface area contributed by atoms with Crippen molar-refractivity contribution in [2.45, 2.75) is 6.10 Å². The molecule has 3 heteroatoms. The summed E-state index contributed by atoms with van der Waals surface area (Å²) in [4.78, 5) is 12.9. The number of carbonyl (C=O) groups is 1. The van der Waals surface area contributed by atoms with Crippen LogP contribution in [0.3, 0.4) is 0 Å². The van der Waals surface area contributed by atoms with Crippen molar-refractivity contribution < 1.29 is 14.3 Å². The van der Waals surface area contributed by atoms with E-state index in [1.54, 1.807) is 13.2 Å². The Hall–Kier alpha value is -4.33. The predicted octanol–water partition coefficient (Wildman–Crippen LogP) is 6.72. The third kappa shape index (κ3) is 4.10. The van der Waals surface area contributed by atoms with Gasteiger partial charge < -0.3 is 9.47 Å². The monoisotopic (exact) mass is 430 g/mol. The lowest BCUT2D eigenvalue weighted by molar-refractivity contribution is 0.0388. The molecule has 0 aromatic heterocycles. The molecule has 1 atom stereocenters. The van der Waals surface area contributed by atoms with Crippen LogP contribution in [0, 0.1) is 0 Å². The molecular formula is C30H22O3. The van der Waals surface area contributed by atoms with Crippen LogP contribution in [0.5, 0.6) is 5.75 Å². The lowest BCUT2D eigenvalue weighted by Gasteiger charge is -2.27. The van der Waals surface area contributed by atoms with Crippen molar-refractivity contribution >= 4 is 17.1 Å². The Morgan fingerprint density at radius 3 is 1.85 bits per heavy atom. The van der Waals surface area contributed by atoms with Crippen molar-refractivity contribution in [1.29, 1.82) is 0 Å². The molecule has 160 valence electrons. The van der Waals surface area contributed by atoms with Crippen LogP contribution in [-0.2, 0) is 4.74 Å². The highest BCUT2D eigenvalue weighted by molar-refractivity contribution is 6.00. The molecule has 1 unspecified atom stereocenters. The number of cyclic esters (lactones) is 1. The molecule has 33 heavy (non-hydrogen) atoms. The maximum atomic E-state index is 12.9. The van der Waals surface area contributed by atoms with Gasteiger partial charge in [-0.3, -0.25) is 0 Å². The van der Waals surface area contributed by atoms with Gasteiger partial charge in [0, 0.05) is 16.7 Å². The summed E-state index contributed by atoms with van der Waals surface area (Å²) < 4.78 is 11.3. The first-order chi connectivity index (χ1) is 16.2. The van der Waals surface area contributed by atoms with Gasteiger partial charge in [0.15, 0.2) is 6.10 Å². The Bertz CT molecular complexity index is 1310. The number of hydrogen-bond acceptors (Lipinski definition) is 3. The number of fused-ring (bicyclic) bond motifs is 1. The molecule has 0 amide bonds. The van der Waals surface area contributed by atoms with Crippen LogP contribution in [0.1, 0.15) is 38.7 Å². The lowest BCUT2D eigenvalue weighted by atomic mass is 9.88. The summed E-state index contributed by atoms with van der Waals surface area (Å²) >= 11 is 0. The van der Waals surface area contributed by atoms with Crippen LogP contribution < -0.4 is 4.74 Å². The van der Waals surface area contributed by atoms with E-state index < -0.39 is 6.10 Å². The molecule has 0 fully saturated rings. The maximum Gasteiger partial charge on any atom is 0.339 e. The first-order valence-electron chi connectivity index (χ1n) is 10.8. The first-order valence-corrected chi connectivity index (χ1v) is 10.8. The molecule has 0 saturated carbocycles. The molecule has 0 spiro atoms. The molecule has 0 radical (unpaired) electrons. The minimum Gasteiger partial charge on any atom is -0.497 e. The van der Waals surface area contributed by atoms with E-state index in [0.717, 1.165) is 39.1 Å². The van der Waals surface area contributed by atoms with E-state index in [9.17, 15) is 4.79 Å². The second-order valence-electron chi connectivity index (χ2n) is 7.75. The maximum absolute atomic E-state index is 12.9. The molecule has 0 aliphatic carbocycles. The van der Waals surface area contributed by atoms with Crippen molar-refractivity contribution in [1.82, 2.24) is 0 Å². The minimum atomic E-state index is -0.583. The average molecular weight is 431 g/mol. The second kappa shape index (κ2) is 9.04. The number of carbonyl (C=O) groups excluding carboxylic acids is 1. The van der Waals surface area contributed by atoms with Crippen molar-refractivity contribution in [3.05, 3.63) is 143 Å². The number of hydrogen-bond donors (Lipinski definition) is 0. The Morgan fingerprint density at radius 2 is 1.27 bits per heavy atom. The fraction of sp³-hybridized carbons (Fsp3) is 0.0667. The highest BCUT2D eigenvalue weighted by atomic mass is 16.5. The number of ether oxygens (including phenoxy) is 2. The van der Waals surface area contributed by atoms with E-state index in [1.165, 1.54) is 0 Å². The number of methoxy groups -OCH3 is 1. The zero-order chi connectivity index (χ0) is 22.6. The standard InChI is InChI=1S/C30H22O3/c1-32-24-18-16-23(17-19-24)29-28(25-14-8-9-15-26(25)30(31)33-29)20-27(21-10-4-2-5-11-21)22-12-6-3-7-13-22/h2-19,29H,1H3. The summed E-state index contributed by atoms with van der Waals surface area (Å²) in [5, 5.41) is 0. The van der Waals surface area contributed by atoms with Gasteiger partial charge in [-0.2, -0.15) is 0 Å². The van der Waals surface area contributed by atoms with E-state index >= 15 is 0 Å². The molecule has 1 heterocycles. The van der Waals surface area contributed by atoms with Crippen molar-refractivity contribution in [2.24, 2.45) is 0 Å². The Kier molecular flexibility index (Phi) is 5.63. The molecular weight excluding hydrogens is 408 g/mol. The summed E-state index contributed by atoms with van der Waals surface area (Å²) in [6.07, 6.45) is -0.583. The van der Waals surface area contributed by atoms with Crippen LogP contribution in [0.4, 0.5) is 0 Å².